The van der Waals surface area contributed by atoms with E-state index in [0.717, 1.165) is 33.5 Å². The van der Waals surface area contributed by atoms with Crippen molar-refractivity contribution in [3.05, 3.63) is 82.6 Å². The van der Waals surface area contributed by atoms with Crippen LogP contribution in [0.1, 0.15) is 31.2 Å². The zero-order chi connectivity index (χ0) is 19.6. The Kier molecular flexibility index (Phi) is 4.74. The standard InChI is InChI=1S/C24H24N4O/c29-24-18(16-25-19-11-7-8-12-19)15-21-22(17-9-3-1-4-10-17)27-28(23(21)26-24)20-13-5-2-6-14-20/h1-6,9-10,13-15,19,25H,7-8,11-12,16H2,(H,26,29). The van der Waals surface area contributed by atoms with Crippen molar-refractivity contribution in [1.82, 2.24) is 20.1 Å². The van der Waals surface area contributed by atoms with Crippen LogP contribution in [0.3, 0.4) is 0 Å². The summed E-state index contributed by atoms with van der Waals surface area (Å²) in [4.78, 5) is 15.9. The monoisotopic (exact) mass is 384 g/mol. The second-order valence-corrected chi connectivity index (χ2v) is 7.71. The van der Waals surface area contributed by atoms with E-state index in [1.54, 1.807) is 0 Å². The molecular formula is C24H24N4O. The van der Waals surface area contributed by atoms with Gasteiger partial charge in [-0.3, -0.25) is 4.79 Å². The summed E-state index contributed by atoms with van der Waals surface area (Å²) in [6.07, 6.45) is 4.94. The predicted molar refractivity (Wildman–Crippen MR) is 116 cm³/mol. The molecule has 5 nitrogen and oxygen atoms in total. The fraction of sp³-hybridized carbons (Fsp3) is 0.250. The summed E-state index contributed by atoms with van der Waals surface area (Å²) >= 11 is 0. The third-order valence-electron chi connectivity index (χ3n) is 5.75. The third kappa shape index (κ3) is 3.49. The van der Waals surface area contributed by atoms with Crippen molar-refractivity contribution in [2.45, 2.75) is 38.3 Å². The van der Waals surface area contributed by atoms with E-state index >= 15 is 0 Å². The SMILES string of the molecule is O=c1[nH]c2c(cc1CNC1CCCC1)c(-c1ccccc1)nn2-c1ccccc1. The number of pyridine rings is 1. The van der Waals surface area contributed by atoms with E-state index in [4.69, 9.17) is 5.10 Å². The van der Waals surface area contributed by atoms with Gasteiger partial charge in [0.2, 0.25) is 0 Å². The molecule has 0 radical (unpaired) electrons. The Labute approximate surface area is 169 Å². The normalized spacial score (nSPS) is 14.6. The van der Waals surface area contributed by atoms with Gasteiger partial charge in [-0.05, 0) is 31.0 Å². The van der Waals surface area contributed by atoms with Crippen LogP contribution in [-0.2, 0) is 6.54 Å². The van der Waals surface area contributed by atoms with Crippen LogP contribution >= 0.6 is 0 Å². The maximum absolute atomic E-state index is 12.8. The third-order valence-corrected chi connectivity index (χ3v) is 5.75. The molecule has 2 heterocycles. The molecule has 1 aliphatic carbocycles. The molecule has 0 unspecified atom stereocenters. The maximum Gasteiger partial charge on any atom is 0.254 e. The first-order chi connectivity index (χ1) is 14.3. The van der Waals surface area contributed by atoms with Crippen molar-refractivity contribution < 1.29 is 0 Å². The lowest BCUT2D eigenvalue weighted by Crippen LogP contribution is -2.28. The number of benzene rings is 2. The van der Waals surface area contributed by atoms with Crippen LogP contribution in [0.15, 0.2) is 71.5 Å². The predicted octanol–water partition coefficient (Wildman–Crippen LogP) is 4.41. The van der Waals surface area contributed by atoms with Crippen molar-refractivity contribution >= 4 is 11.0 Å². The number of rotatable bonds is 5. The number of para-hydroxylation sites is 1. The molecule has 5 heteroatoms. The van der Waals surface area contributed by atoms with Gasteiger partial charge in [-0.25, -0.2) is 4.68 Å². The molecule has 0 amide bonds. The van der Waals surface area contributed by atoms with Gasteiger partial charge in [-0.1, -0.05) is 61.4 Å². The van der Waals surface area contributed by atoms with Crippen molar-refractivity contribution in [3.8, 4) is 16.9 Å². The van der Waals surface area contributed by atoms with Crippen LogP contribution in [0.5, 0.6) is 0 Å². The van der Waals surface area contributed by atoms with Crippen molar-refractivity contribution in [3.63, 3.8) is 0 Å². The van der Waals surface area contributed by atoms with Gasteiger partial charge in [0.15, 0.2) is 0 Å². The highest BCUT2D eigenvalue weighted by atomic mass is 16.1. The Bertz CT molecular complexity index is 1170. The smallest absolute Gasteiger partial charge is 0.254 e. The number of aromatic nitrogens is 3. The summed E-state index contributed by atoms with van der Waals surface area (Å²) in [6, 6.07) is 22.6. The van der Waals surface area contributed by atoms with Gasteiger partial charge in [0.1, 0.15) is 11.3 Å². The van der Waals surface area contributed by atoms with E-state index in [9.17, 15) is 4.79 Å². The maximum atomic E-state index is 12.8. The van der Waals surface area contributed by atoms with E-state index in [1.807, 2.05) is 59.3 Å². The topological polar surface area (TPSA) is 62.7 Å². The van der Waals surface area contributed by atoms with E-state index in [1.165, 1.54) is 25.7 Å². The number of H-pyrrole nitrogens is 1. The highest BCUT2D eigenvalue weighted by Crippen LogP contribution is 2.28. The van der Waals surface area contributed by atoms with Crippen LogP contribution < -0.4 is 10.9 Å². The van der Waals surface area contributed by atoms with E-state index in [0.29, 0.717) is 12.6 Å². The summed E-state index contributed by atoms with van der Waals surface area (Å²) in [7, 11) is 0. The lowest BCUT2D eigenvalue weighted by atomic mass is 10.1. The van der Waals surface area contributed by atoms with E-state index < -0.39 is 0 Å². The van der Waals surface area contributed by atoms with E-state index in [2.05, 4.69) is 22.4 Å². The van der Waals surface area contributed by atoms with Gasteiger partial charge in [0, 0.05) is 29.1 Å². The lowest BCUT2D eigenvalue weighted by molar-refractivity contribution is 0.522. The van der Waals surface area contributed by atoms with Crippen LogP contribution in [-0.4, -0.2) is 20.8 Å². The number of aromatic amines is 1. The molecule has 2 N–H and O–H groups in total. The summed E-state index contributed by atoms with van der Waals surface area (Å²) in [5, 5.41) is 9.39. The van der Waals surface area contributed by atoms with Gasteiger partial charge in [0.25, 0.3) is 5.56 Å². The Hall–Kier alpha value is -3.18. The molecule has 29 heavy (non-hydrogen) atoms. The lowest BCUT2D eigenvalue weighted by Gasteiger charge is -2.11. The van der Waals surface area contributed by atoms with Gasteiger partial charge >= 0.3 is 0 Å². The van der Waals surface area contributed by atoms with Crippen molar-refractivity contribution in [2.24, 2.45) is 0 Å². The highest BCUT2D eigenvalue weighted by Gasteiger charge is 2.18. The molecule has 1 saturated carbocycles. The number of hydrogen-bond donors (Lipinski definition) is 2. The average molecular weight is 384 g/mol. The van der Waals surface area contributed by atoms with Gasteiger partial charge < -0.3 is 10.3 Å². The molecule has 0 spiro atoms. The van der Waals surface area contributed by atoms with Gasteiger partial charge in [-0.2, -0.15) is 5.10 Å². The zero-order valence-electron chi connectivity index (χ0n) is 16.3. The Morgan fingerprint density at radius 3 is 2.41 bits per heavy atom. The molecule has 0 atom stereocenters. The first-order valence-electron chi connectivity index (χ1n) is 10.3. The number of fused-ring (bicyclic) bond motifs is 1. The molecule has 146 valence electrons. The minimum absolute atomic E-state index is 0.0558. The van der Waals surface area contributed by atoms with Crippen molar-refractivity contribution in [1.29, 1.82) is 0 Å². The first-order valence-corrected chi connectivity index (χ1v) is 10.3. The summed E-state index contributed by atoms with van der Waals surface area (Å²) < 4.78 is 1.83. The Morgan fingerprint density at radius 1 is 1.00 bits per heavy atom. The van der Waals surface area contributed by atoms with Crippen molar-refractivity contribution in [2.75, 3.05) is 0 Å². The fourth-order valence-electron chi connectivity index (χ4n) is 4.20. The minimum atomic E-state index is -0.0558. The summed E-state index contributed by atoms with van der Waals surface area (Å²) in [6.45, 7) is 0.584. The molecular weight excluding hydrogens is 360 g/mol. The first kappa shape index (κ1) is 17.9. The molecule has 0 bridgehead atoms. The largest absolute Gasteiger partial charge is 0.310 e. The zero-order valence-corrected chi connectivity index (χ0v) is 16.3. The molecule has 2 aromatic carbocycles. The summed E-state index contributed by atoms with van der Waals surface area (Å²) in [5.74, 6) is 0. The molecule has 1 fully saturated rings. The van der Waals surface area contributed by atoms with Crippen LogP contribution in [0.4, 0.5) is 0 Å². The fourth-order valence-corrected chi connectivity index (χ4v) is 4.20. The molecule has 0 aliphatic heterocycles. The molecule has 0 saturated heterocycles. The highest BCUT2D eigenvalue weighted by molar-refractivity contribution is 5.92. The number of nitrogens with zero attached hydrogens (tertiary/aromatic N) is 2. The van der Waals surface area contributed by atoms with Gasteiger partial charge in [-0.15, -0.1) is 0 Å². The minimum Gasteiger partial charge on any atom is -0.310 e. The van der Waals surface area contributed by atoms with Crippen LogP contribution in [0.25, 0.3) is 28.0 Å². The summed E-state index contributed by atoms with van der Waals surface area (Å²) in [5.41, 5.74) is 4.27. The van der Waals surface area contributed by atoms with Gasteiger partial charge in [0.05, 0.1) is 5.69 Å². The number of nitrogens with one attached hydrogen (secondary N) is 2. The van der Waals surface area contributed by atoms with E-state index in [-0.39, 0.29) is 5.56 Å². The second kappa shape index (κ2) is 7.68. The average Bonchev–Trinajstić information content (AvgIpc) is 3.41. The molecule has 5 rings (SSSR count). The Balaban J connectivity index is 1.63. The quantitative estimate of drug-likeness (QED) is 0.536. The number of hydrogen-bond acceptors (Lipinski definition) is 3. The molecule has 2 aromatic heterocycles. The Morgan fingerprint density at radius 2 is 1.69 bits per heavy atom. The second-order valence-electron chi connectivity index (χ2n) is 7.71. The molecule has 1 aliphatic rings. The molecule has 4 aromatic rings. The van der Waals surface area contributed by atoms with Crippen LogP contribution in [0, 0.1) is 0 Å². The van der Waals surface area contributed by atoms with Crippen LogP contribution in [0.2, 0.25) is 0 Å².